The van der Waals surface area contributed by atoms with Crippen LogP contribution in [0.2, 0.25) is 0 Å². The molecule has 0 bridgehead atoms. The lowest BCUT2D eigenvalue weighted by atomic mass is 9.96. The number of anilines is 1. The van der Waals surface area contributed by atoms with Crippen molar-refractivity contribution in [3.63, 3.8) is 0 Å². The van der Waals surface area contributed by atoms with Gasteiger partial charge >= 0.3 is 0 Å². The molecule has 172 valence electrons. The van der Waals surface area contributed by atoms with E-state index < -0.39 is 0 Å². The van der Waals surface area contributed by atoms with E-state index in [0.29, 0.717) is 12.5 Å². The molecular formula is C26H31N5O2. The zero-order valence-corrected chi connectivity index (χ0v) is 19.7. The highest BCUT2D eigenvalue weighted by Gasteiger charge is 2.38. The molecule has 3 aromatic rings. The van der Waals surface area contributed by atoms with Gasteiger partial charge in [0.1, 0.15) is 12.7 Å². The number of para-hydroxylation sites is 1. The summed E-state index contributed by atoms with van der Waals surface area (Å²) in [4.78, 5) is 33.8. The average molecular weight is 446 g/mol. The number of nitrogens with zero attached hydrogens (tertiary/aromatic N) is 5. The minimum atomic E-state index is -0.343. The lowest BCUT2D eigenvalue weighted by Crippen LogP contribution is -2.36. The standard InChI is InChI=1S/C26H31N5O2/c1-5-18(2)23-8-6-7-9-24(23)30-15-21(14-25(30)32)26(33)29(4)19(3)20-10-12-22(13-11-20)31-17-27-16-28-31/h6-13,16-19,21H,5,14-15H2,1-4H3. The molecule has 2 aromatic carbocycles. The number of hydrogen-bond donors (Lipinski definition) is 0. The Morgan fingerprint density at radius 2 is 1.88 bits per heavy atom. The van der Waals surface area contributed by atoms with Crippen LogP contribution in [0.15, 0.2) is 61.2 Å². The van der Waals surface area contributed by atoms with Gasteiger partial charge in [-0.25, -0.2) is 9.67 Å². The Kier molecular flexibility index (Phi) is 6.58. The van der Waals surface area contributed by atoms with Crippen LogP contribution in [0.3, 0.4) is 0 Å². The zero-order chi connectivity index (χ0) is 23.5. The average Bonchev–Trinajstić information content (AvgIpc) is 3.52. The van der Waals surface area contributed by atoms with Crippen LogP contribution in [-0.4, -0.2) is 45.1 Å². The first kappa shape index (κ1) is 22.7. The van der Waals surface area contributed by atoms with Crippen LogP contribution in [-0.2, 0) is 9.59 Å². The van der Waals surface area contributed by atoms with E-state index in [9.17, 15) is 9.59 Å². The molecule has 0 saturated carbocycles. The summed E-state index contributed by atoms with van der Waals surface area (Å²) in [5, 5.41) is 4.14. The molecule has 2 amide bonds. The highest BCUT2D eigenvalue weighted by Crippen LogP contribution is 2.34. The van der Waals surface area contributed by atoms with Crippen molar-refractivity contribution in [3.8, 4) is 5.69 Å². The quantitative estimate of drug-likeness (QED) is 0.542. The van der Waals surface area contributed by atoms with Gasteiger partial charge in [-0.1, -0.05) is 44.2 Å². The predicted molar refractivity (Wildman–Crippen MR) is 128 cm³/mol. The summed E-state index contributed by atoms with van der Waals surface area (Å²) in [5.74, 6) is 0.0263. The molecular weight excluding hydrogens is 414 g/mol. The molecule has 0 spiro atoms. The largest absolute Gasteiger partial charge is 0.339 e. The molecule has 1 aliphatic heterocycles. The highest BCUT2D eigenvalue weighted by atomic mass is 16.2. The lowest BCUT2D eigenvalue weighted by molar-refractivity contribution is -0.136. The number of carbonyl (C=O) groups is 2. The summed E-state index contributed by atoms with van der Waals surface area (Å²) in [5.41, 5.74) is 4.04. The first-order valence-electron chi connectivity index (χ1n) is 11.5. The third-order valence-corrected chi connectivity index (χ3v) is 6.83. The molecule has 3 unspecified atom stereocenters. The fourth-order valence-electron chi connectivity index (χ4n) is 4.43. The van der Waals surface area contributed by atoms with Gasteiger partial charge in [0.05, 0.1) is 17.6 Å². The van der Waals surface area contributed by atoms with Gasteiger partial charge < -0.3 is 9.80 Å². The van der Waals surface area contributed by atoms with E-state index >= 15 is 0 Å². The molecule has 0 radical (unpaired) electrons. The number of rotatable bonds is 7. The number of benzene rings is 2. The van der Waals surface area contributed by atoms with Gasteiger partial charge in [-0.05, 0) is 48.6 Å². The van der Waals surface area contributed by atoms with Gasteiger partial charge in [-0.2, -0.15) is 5.10 Å². The van der Waals surface area contributed by atoms with E-state index in [1.807, 2.05) is 56.4 Å². The molecule has 1 aliphatic rings. The second-order valence-electron chi connectivity index (χ2n) is 8.83. The van der Waals surface area contributed by atoms with Crippen molar-refractivity contribution in [3.05, 3.63) is 72.3 Å². The summed E-state index contributed by atoms with van der Waals surface area (Å²) in [6.45, 7) is 6.75. The summed E-state index contributed by atoms with van der Waals surface area (Å²) < 4.78 is 1.69. The molecule has 2 heterocycles. The van der Waals surface area contributed by atoms with Crippen molar-refractivity contribution in [1.29, 1.82) is 0 Å². The van der Waals surface area contributed by atoms with Crippen molar-refractivity contribution in [2.24, 2.45) is 5.92 Å². The normalized spacial score (nSPS) is 17.8. The molecule has 7 nitrogen and oxygen atoms in total. The molecule has 1 aromatic heterocycles. The smallest absolute Gasteiger partial charge is 0.228 e. The van der Waals surface area contributed by atoms with Crippen LogP contribution in [0.5, 0.6) is 0 Å². The molecule has 4 rings (SSSR count). The topological polar surface area (TPSA) is 71.3 Å². The van der Waals surface area contributed by atoms with Crippen LogP contribution >= 0.6 is 0 Å². The van der Waals surface area contributed by atoms with Crippen LogP contribution < -0.4 is 4.90 Å². The van der Waals surface area contributed by atoms with Crippen LogP contribution in [0.4, 0.5) is 5.69 Å². The van der Waals surface area contributed by atoms with Gasteiger partial charge in [0.15, 0.2) is 0 Å². The Bertz CT molecular complexity index is 1110. The van der Waals surface area contributed by atoms with Crippen LogP contribution in [0.1, 0.15) is 56.7 Å². The molecule has 1 fully saturated rings. The van der Waals surface area contributed by atoms with E-state index in [1.165, 1.54) is 6.33 Å². The monoisotopic (exact) mass is 445 g/mol. The first-order chi connectivity index (χ1) is 15.9. The molecule has 0 N–H and O–H groups in total. The number of carbonyl (C=O) groups excluding carboxylic acids is 2. The lowest BCUT2D eigenvalue weighted by Gasteiger charge is -2.28. The third kappa shape index (κ3) is 4.53. The van der Waals surface area contributed by atoms with Gasteiger partial charge in [0.25, 0.3) is 0 Å². The minimum Gasteiger partial charge on any atom is -0.339 e. The van der Waals surface area contributed by atoms with E-state index in [2.05, 4.69) is 30.0 Å². The second-order valence-corrected chi connectivity index (χ2v) is 8.83. The Hall–Kier alpha value is -3.48. The number of amides is 2. The SMILES string of the molecule is CCC(C)c1ccccc1N1CC(C(=O)N(C)C(C)c2ccc(-n3cncn3)cc2)CC1=O. The maximum Gasteiger partial charge on any atom is 0.228 e. The maximum absolute atomic E-state index is 13.3. The molecule has 7 heteroatoms. The van der Waals surface area contributed by atoms with Crippen LogP contribution in [0.25, 0.3) is 5.69 Å². The van der Waals surface area contributed by atoms with E-state index in [0.717, 1.165) is 28.9 Å². The Labute approximate surface area is 195 Å². The highest BCUT2D eigenvalue weighted by molar-refractivity contribution is 6.01. The summed E-state index contributed by atoms with van der Waals surface area (Å²) >= 11 is 0. The molecule has 0 aliphatic carbocycles. The molecule has 33 heavy (non-hydrogen) atoms. The Balaban J connectivity index is 1.47. The fraction of sp³-hybridized carbons (Fsp3) is 0.385. The van der Waals surface area contributed by atoms with Crippen molar-refractivity contribution in [2.75, 3.05) is 18.5 Å². The van der Waals surface area contributed by atoms with Crippen molar-refractivity contribution in [1.82, 2.24) is 19.7 Å². The Morgan fingerprint density at radius 3 is 2.55 bits per heavy atom. The van der Waals surface area contributed by atoms with Gasteiger partial charge in [-0.15, -0.1) is 0 Å². The predicted octanol–water partition coefficient (Wildman–Crippen LogP) is 4.35. The van der Waals surface area contributed by atoms with E-state index in [4.69, 9.17) is 0 Å². The maximum atomic E-state index is 13.3. The van der Waals surface area contributed by atoms with Gasteiger partial charge in [0, 0.05) is 25.7 Å². The summed E-state index contributed by atoms with van der Waals surface area (Å²) in [6, 6.07) is 15.9. The van der Waals surface area contributed by atoms with Crippen molar-refractivity contribution >= 4 is 17.5 Å². The third-order valence-electron chi connectivity index (χ3n) is 6.83. The van der Waals surface area contributed by atoms with E-state index in [-0.39, 0.29) is 30.2 Å². The fourth-order valence-corrected chi connectivity index (χ4v) is 4.43. The van der Waals surface area contributed by atoms with E-state index in [1.54, 1.807) is 20.8 Å². The van der Waals surface area contributed by atoms with Crippen molar-refractivity contribution in [2.45, 2.75) is 45.6 Å². The summed E-state index contributed by atoms with van der Waals surface area (Å²) in [6.07, 6.45) is 4.39. The minimum absolute atomic E-state index is 0.000256. The first-order valence-corrected chi connectivity index (χ1v) is 11.5. The van der Waals surface area contributed by atoms with Crippen molar-refractivity contribution < 1.29 is 9.59 Å². The second kappa shape index (κ2) is 9.57. The van der Waals surface area contributed by atoms with Crippen LogP contribution in [0, 0.1) is 5.92 Å². The molecule has 3 atom stereocenters. The zero-order valence-electron chi connectivity index (χ0n) is 19.7. The summed E-state index contributed by atoms with van der Waals surface area (Å²) in [7, 11) is 1.82. The number of aromatic nitrogens is 3. The van der Waals surface area contributed by atoms with Gasteiger partial charge in [0.2, 0.25) is 11.8 Å². The Morgan fingerprint density at radius 1 is 1.15 bits per heavy atom. The van der Waals surface area contributed by atoms with Gasteiger partial charge in [-0.3, -0.25) is 9.59 Å². The molecule has 1 saturated heterocycles. The number of hydrogen-bond acceptors (Lipinski definition) is 4.